The molecule has 0 unspecified atom stereocenters. The summed E-state index contributed by atoms with van der Waals surface area (Å²) in [4.78, 5) is 0. The van der Waals surface area contributed by atoms with Crippen molar-refractivity contribution in [2.24, 2.45) is 0 Å². The first-order valence-corrected chi connectivity index (χ1v) is 16.1. The highest BCUT2D eigenvalue weighted by molar-refractivity contribution is 8.76. The summed E-state index contributed by atoms with van der Waals surface area (Å²) in [5.74, 6) is 1.90. The standard InChI is InChI=1S/C18H38O4S4/c1-3-5-6-7-8-9-10-11-12-13-16-26(21,22)18-15-24-23-14-17-25(19,20)4-2/h3-18H2,1-2H3. The van der Waals surface area contributed by atoms with E-state index in [2.05, 4.69) is 6.92 Å². The molecular weight excluding hydrogens is 408 g/mol. The van der Waals surface area contributed by atoms with Gasteiger partial charge in [-0.25, -0.2) is 16.8 Å². The molecule has 0 N–H and O–H groups in total. The number of rotatable bonds is 19. The van der Waals surface area contributed by atoms with Gasteiger partial charge < -0.3 is 0 Å². The van der Waals surface area contributed by atoms with Gasteiger partial charge in [0, 0.05) is 17.3 Å². The van der Waals surface area contributed by atoms with E-state index in [9.17, 15) is 16.8 Å². The van der Waals surface area contributed by atoms with Crippen LogP contribution in [0.25, 0.3) is 0 Å². The first kappa shape index (κ1) is 26.6. The van der Waals surface area contributed by atoms with Gasteiger partial charge in [0.15, 0.2) is 19.7 Å². The van der Waals surface area contributed by atoms with E-state index in [0.29, 0.717) is 17.3 Å². The van der Waals surface area contributed by atoms with E-state index in [1.807, 2.05) is 0 Å². The molecule has 0 amide bonds. The third-order valence-corrected chi connectivity index (χ3v) is 10.7. The summed E-state index contributed by atoms with van der Waals surface area (Å²) in [6.07, 6.45) is 12.0. The SMILES string of the molecule is CCCCCCCCCCCCS(=O)(=O)CCSSCCS(=O)(=O)CC. The van der Waals surface area contributed by atoms with Crippen molar-refractivity contribution >= 4 is 41.3 Å². The molecule has 0 atom stereocenters. The second-order valence-corrected chi connectivity index (χ2v) is 14.2. The topological polar surface area (TPSA) is 68.3 Å². The third-order valence-electron chi connectivity index (χ3n) is 4.29. The minimum Gasteiger partial charge on any atom is -0.229 e. The highest BCUT2D eigenvalue weighted by atomic mass is 33.1. The molecule has 0 aromatic rings. The largest absolute Gasteiger partial charge is 0.229 e. The van der Waals surface area contributed by atoms with Gasteiger partial charge in [0.25, 0.3) is 0 Å². The maximum Gasteiger partial charge on any atom is 0.151 e. The van der Waals surface area contributed by atoms with Gasteiger partial charge in [-0.05, 0) is 6.42 Å². The van der Waals surface area contributed by atoms with Crippen LogP contribution in [0.5, 0.6) is 0 Å². The lowest BCUT2D eigenvalue weighted by Crippen LogP contribution is -2.13. The van der Waals surface area contributed by atoms with Gasteiger partial charge >= 0.3 is 0 Å². The zero-order chi connectivity index (χ0) is 19.7. The zero-order valence-corrected chi connectivity index (χ0v) is 19.8. The van der Waals surface area contributed by atoms with E-state index in [-0.39, 0.29) is 17.3 Å². The second-order valence-electron chi connectivity index (χ2n) is 6.71. The van der Waals surface area contributed by atoms with E-state index in [0.717, 1.165) is 19.3 Å². The van der Waals surface area contributed by atoms with Crippen molar-refractivity contribution in [2.45, 2.75) is 78.1 Å². The predicted octanol–water partition coefficient (Wildman–Crippen LogP) is 5.14. The lowest BCUT2D eigenvalue weighted by molar-refractivity contribution is 0.558. The van der Waals surface area contributed by atoms with Gasteiger partial charge in [-0.3, -0.25) is 0 Å². The summed E-state index contributed by atoms with van der Waals surface area (Å²) >= 11 is 0. The fourth-order valence-corrected chi connectivity index (χ4v) is 8.38. The number of hydrogen-bond acceptors (Lipinski definition) is 6. The molecular formula is C18H38O4S4. The molecule has 0 rings (SSSR count). The van der Waals surface area contributed by atoms with Crippen molar-refractivity contribution in [2.75, 3.05) is 34.5 Å². The monoisotopic (exact) mass is 446 g/mol. The molecule has 0 saturated carbocycles. The Morgan fingerprint density at radius 2 is 0.962 bits per heavy atom. The molecule has 26 heavy (non-hydrogen) atoms. The van der Waals surface area contributed by atoms with E-state index >= 15 is 0 Å². The molecule has 0 radical (unpaired) electrons. The maximum absolute atomic E-state index is 12.0. The van der Waals surface area contributed by atoms with Crippen LogP contribution in [0.3, 0.4) is 0 Å². The van der Waals surface area contributed by atoms with Crippen molar-refractivity contribution in [1.29, 1.82) is 0 Å². The fraction of sp³-hybridized carbons (Fsp3) is 1.00. The Kier molecular flexibility index (Phi) is 16.9. The van der Waals surface area contributed by atoms with Gasteiger partial charge in [-0.15, -0.1) is 0 Å². The van der Waals surface area contributed by atoms with Crippen LogP contribution >= 0.6 is 21.6 Å². The van der Waals surface area contributed by atoms with Crippen LogP contribution in [0.2, 0.25) is 0 Å². The molecule has 0 aliphatic carbocycles. The summed E-state index contributed by atoms with van der Waals surface area (Å²) in [6.45, 7) is 3.87. The molecule has 158 valence electrons. The van der Waals surface area contributed by atoms with Crippen molar-refractivity contribution < 1.29 is 16.8 Å². The molecule has 0 bridgehead atoms. The average molecular weight is 447 g/mol. The Bertz CT molecular complexity index is 515. The lowest BCUT2D eigenvalue weighted by Gasteiger charge is -2.05. The highest BCUT2D eigenvalue weighted by Gasteiger charge is 2.11. The van der Waals surface area contributed by atoms with Crippen LogP contribution in [0, 0.1) is 0 Å². The Balaban J connectivity index is 3.50. The van der Waals surface area contributed by atoms with Crippen molar-refractivity contribution in [3.8, 4) is 0 Å². The number of hydrogen-bond donors (Lipinski definition) is 0. The summed E-state index contributed by atoms with van der Waals surface area (Å²) in [5.41, 5.74) is 0. The molecule has 0 heterocycles. The molecule has 0 aromatic carbocycles. The Morgan fingerprint density at radius 3 is 1.42 bits per heavy atom. The molecule has 0 spiro atoms. The molecule has 0 fully saturated rings. The van der Waals surface area contributed by atoms with Crippen LogP contribution in [-0.4, -0.2) is 51.4 Å². The smallest absolute Gasteiger partial charge is 0.151 e. The van der Waals surface area contributed by atoms with Crippen LogP contribution in [0.4, 0.5) is 0 Å². The van der Waals surface area contributed by atoms with Crippen molar-refractivity contribution in [3.63, 3.8) is 0 Å². The normalized spacial score (nSPS) is 12.5. The van der Waals surface area contributed by atoms with E-state index in [4.69, 9.17) is 0 Å². The fourth-order valence-electron chi connectivity index (χ4n) is 2.50. The Labute approximate surface area is 170 Å². The van der Waals surface area contributed by atoms with Gasteiger partial charge in [-0.2, -0.15) is 0 Å². The zero-order valence-electron chi connectivity index (χ0n) is 16.6. The minimum absolute atomic E-state index is 0.172. The average Bonchev–Trinajstić information content (AvgIpc) is 2.59. The van der Waals surface area contributed by atoms with Crippen LogP contribution in [-0.2, 0) is 19.7 Å². The Hall–Kier alpha value is 0.600. The molecule has 4 nitrogen and oxygen atoms in total. The molecule has 0 saturated heterocycles. The number of unbranched alkanes of at least 4 members (excludes halogenated alkanes) is 9. The van der Waals surface area contributed by atoms with E-state index in [1.165, 1.54) is 66.5 Å². The van der Waals surface area contributed by atoms with Crippen LogP contribution < -0.4 is 0 Å². The van der Waals surface area contributed by atoms with Gasteiger partial charge in [0.2, 0.25) is 0 Å². The Morgan fingerprint density at radius 1 is 0.538 bits per heavy atom. The van der Waals surface area contributed by atoms with Gasteiger partial charge in [0.05, 0.1) is 17.3 Å². The summed E-state index contributed by atoms with van der Waals surface area (Å²) in [5, 5.41) is 0. The highest BCUT2D eigenvalue weighted by Crippen LogP contribution is 2.22. The first-order chi connectivity index (χ1) is 12.3. The molecule has 0 aromatic heterocycles. The number of sulfone groups is 2. The molecule has 0 aliphatic rings. The minimum atomic E-state index is -2.96. The van der Waals surface area contributed by atoms with Crippen LogP contribution in [0.1, 0.15) is 78.1 Å². The summed E-state index contributed by atoms with van der Waals surface area (Å²) < 4.78 is 46.7. The van der Waals surface area contributed by atoms with Gasteiger partial charge in [-0.1, -0.05) is 93.2 Å². The summed E-state index contributed by atoms with van der Waals surface area (Å²) in [6, 6.07) is 0. The van der Waals surface area contributed by atoms with Gasteiger partial charge in [0.1, 0.15) is 0 Å². The predicted molar refractivity (Wildman–Crippen MR) is 120 cm³/mol. The quantitative estimate of drug-likeness (QED) is 0.202. The first-order valence-electron chi connectivity index (χ1n) is 9.98. The van der Waals surface area contributed by atoms with Crippen molar-refractivity contribution in [3.05, 3.63) is 0 Å². The molecule has 0 aliphatic heterocycles. The van der Waals surface area contributed by atoms with Crippen LogP contribution in [0.15, 0.2) is 0 Å². The maximum atomic E-state index is 12.0. The van der Waals surface area contributed by atoms with E-state index in [1.54, 1.807) is 6.92 Å². The molecule has 8 heteroatoms. The lowest BCUT2D eigenvalue weighted by atomic mass is 10.1. The summed E-state index contributed by atoms with van der Waals surface area (Å²) in [7, 11) is -2.96. The second kappa shape index (κ2) is 16.5. The van der Waals surface area contributed by atoms with Crippen molar-refractivity contribution in [1.82, 2.24) is 0 Å². The van der Waals surface area contributed by atoms with E-state index < -0.39 is 19.7 Å². The third kappa shape index (κ3) is 18.0.